The molecular weight excluding hydrogens is 599 g/mol. The number of nitrogens with zero attached hydrogens (tertiary/aromatic N) is 1. The van der Waals surface area contributed by atoms with Crippen LogP contribution in [0.3, 0.4) is 0 Å². The Balaban J connectivity index is 1.18. The van der Waals surface area contributed by atoms with E-state index in [0.29, 0.717) is 5.92 Å². The van der Waals surface area contributed by atoms with Crippen LogP contribution in [-0.4, -0.2) is 0 Å². The Morgan fingerprint density at radius 2 is 1.06 bits per heavy atom. The minimum atomic E-state index is 0.686. The normalized spacial score (nSPS) is 13.8. The summed E-state index contributed by atoms with van der Waals surface area (Å²) >= 11 is 1.88. The van der Waals surface area contributed by atoms with Crippen LogP contribution in [0.4, 0.5) is 17.1 Å². The maximum absolute atomic E-state index is 2.47. The van der Waals surface area contributed by atoms with Crippen LogP contribution in [0.2, 0.25) is 0 Å². The molecule has 0 aliphatic heterocycles. The van der Waals surface area contributed by atoms with Crippen LogP contribution >= 0.6 is 11.3 Å². The van der Waals surface area contributed by atoms with Gasteiger partial charge in [-0.2, -0.15) is 0 Å². The second-order valence-corrected chi connectivity index (χ2v) is 14.2. The Hall–Kier alpha value is -5.18. The van der Waals surface area contributed by atoms with Crippen LogP contribution < -0.4 is 4.90 Å². The van der Waals surface area contributed by atoms with Crippen molar-refractivity contribution in [3.8, 4) is 22.3 Å². The second kappa shape index (κ2) is 12.4. The van der Waals surface area contributed by atoms with E-state index in [4.69, 9.17) is 0 Å². The van der Waals surface area contributed by atoms with E-state index in [-0.39, 0.29) is 0 Å². The predicted octanol–water partition coefficient (Wildman–Crippen LogP) is 14.1. The van der Waals surface area contributed by atoms with Gasteiger partial charge in [-0.05, 0) is 99.8 Å². The molecular formula is C46H37NS. The lowest BCUT2D eigenvalue weighted by Gasteiger charge is -2.28. The minimum Gasteiger partial charge on any atom is -0.310 e. The van der Waals surface area contributed by atoms with Crippen molar-refractivity contribution in [3.05, 3.63) is 163 Å². The zero-order valence-corrected chi connectivity index (χ0v) is 27.8. The molecule has 0 N–H and O–H groups in total. The van der Waals surface area contributed by atoms with E-state index in [1.807, 2.05) is 11.3 Å². The highest BCUT2D eigenvalue weighted by atomic mass is 32.1. The maximum Gasteiger partial charge on any atom is 0.0554 e. The van der Waals surface area contributed by atoms with E-state index in [0.717, 1.165) is 5.69 Å². The van der Waals surface area contributed by atoms with Gasteiger partial charge in [-0.1, -0.05) is 135 Å². The summed E-state index contributed by atoms with van der Waals surface area (Å²) in [4.78, 5) is 2.47. The number of anilines is 3. The van der Waals surface area contributed by atoms with Gasteiger partial charge in [-0.25, -0.2) is 0 Å². The van der Waals surface area contributed by atoms with Crippen molar-refractivity contribution in [1.29, 1.82) is 0 Å². The summed E-state index contributed by atoms with van der Waals surface area (Å²) in [7, 11) is 0. The molecule has 1 aromatic heterocycles. The molecule has 1 nitrogen and oxygen atoms in total. The molecule has 0 amide bonds. The first kappa shape index (κ1) is 29.0. The SMILES string of the molecule is c1ccc(-c2cccc3cccc(-c4ccc(N(c5ccc(C6CCCCC6)cc5)c5cccc6sc7ccccc7c56)cc4)c23)cc1. The van der Waals surface area contributed by atoms with Gasteiger partial charge in [0.25, 0.3) is 0 Å². The van der Waals surface area contributed by atoms with Crippen LogP contribution in [0.15, 0.2) is 158 Å². The minimum absolute atomic E-state index is 0.686. The Kier molecular flexibility index (Phi) is 7.52. The third-order valence-corrected chi connectivity index (χ3v) is 11.4. The largest absolute Gasteiger partial charge is 0.310 e. The molecule has 7 aromatic carbocycles. The van der Waals surface area contributed by atoms with Crippen LogP contribution in [0.1, 0.15) is 43.6 Å². The van der Waals surface area contributed by atoms with E-state index in [1.54, 1.807) is 0 Å². The van der Waals surface area contributed by atoms with Crippen molar-refractivity contribution < 1.29 is 0 Å². The highest BCUT2D eigenvalue weighted by Gasteiger charge is 2.20. The van der Waals surface area contributed by atoms with Crippen LogP contribution in [0.25, 0.3) is 53.2 Å². The number of benzene rings is 7. The molecule has 1 aliphatic carbocycles. The molecule has 8 aromatic rings. The summed E-state index contributed by atoms with van der Waals surface area (Å²) in [5.41, 5.74) is 10.1. The molecule has 232 valence electrons. The fraction of sp³-hybridized carbons (Fsp3) is 0.130. The van der Waals surface area contributed by atoms with E-state index in [1.165, 1.54) is 102 Å². The molecule has 0 spiro atoms. The highest BCUT2D eigenvalue weighted by Crippen LogP contribution is 2.46. The molecule has 1 fully saturated rings. The molecule has 48 heavy (non-hydrogen) atoms. The number of thiophene rings is 1. The zero-order chi connectivity index (χ0) is 31.9. The van der Waals surface area contributed by atoms with E-state index in [9.17, 15) is 0 Å². The average Bonchev–Trinajstić information content (AvgIpc) is 3.55. The summed E-state index contributed by atoms with van der Waals surface area (Å²) in [5, 5.41) is 5.19. The van der Waals surface area contributed by atoms with Gasteiger partial charge >= 0.3 is 0 Å². The Labute approximate surface area is 286 Å². The van der Waals surface area contributed by atoms with Gasteiger partial charge < -0.3 is 4.90 Å². The van der Waals surface area contributed by atoms with Gasteiger partial charge in [-0.3, -0.25) is 0 Å². The zero-order valence-electron chi connectivity index (χ0n) is 27.0. The quantitative estimate of drug-likeness (QED) is 0.176. The molecule has 0 saturated heterocycles. The first-order chi connectivity index (χ1) is 23.8. The smallest absolute Gasteiger partial charge is 0.0554 e. The van der Waals surface area contributed by atoms with Crippen LogP contribution in [0.5, 0.6) is 0 Å². The molecule has 0 atom stereocenters. The summed E-state index contributed by atoms with van der Waals surface area (Å²) < 4.78 is 2.64. The summed E-state index contributed by atoms with van der Waals surface area (Å²) in [6, 6.07) is 58.4. The summed E-state index contributed by atoms with van der Waals surface area (Å²) in [5.74, 6) is 0.686. The predicted molar refractivity (Wildman–Crippen MR) is 208 cm³/mol. The van der Waals surface area contributed by atoms with Crippen LogP contribution in [-0.2, 0) is 0 Å². The van der Waals surface area contributed by atoms with E-state index in [2.05, 4.69) is 163 Å². The van der Waals surface area contributed by atoms with Crippen molar-refractivity contribution in [3.63, 3.8) is 0 Å². The lowest BCUT2D eigenvalue weighted by molar-refractivity contribution is 0.443. The van der Waals surface area contributed by atoms with Gasteiger partial charge in [0.2, 0.25) is 0 Å². The first-order valence-corrected chi connectivity index (χ1v) is 18.1. The van der Waals surface area contributed by atoms with E-state index >= 15 is 0 Å². The summed E-state index contributed by atoms with van der Waals surface area (Å²) in [6.45, 7) is 0. The third kappa shape index (κ3) is 5.18. The summed E-state index contributed by atoms with van der Waals surface area (Å²) in [6.07, 6.45) is 6.70. The van der Waals surface area contributed by atoms with Gasteiger partial charge in [0.15, 0.2) is 0 Å². The Bertz CT molecular complexity index is 2360. The molecule has 9 rings (SSSR count). The average molecular weight is 636 g/mol. The molecule has 0 unspecified atom stereocenters. The second-order valence-electron chi connectivity index (χ2n) is 13.1. The number of fused-ring (bicyclic) bond motifs is 4. The molecule has 0 bridgehead atoms. The van der Waals surface area contributed by atoms with Crippen molar-refractivity contribution in [1.82, 2.24) is 0 Å². The highest BCUT2D eigenvalue weighted by molar-refractivity contribution is 7.26. The van der Waals surface area contributed by atoms with Crippen molar-refractivity contribution in [2.24, 2.45) is 0 Å². The molecule has 0 radical (unpaired) electrons. The molecule has 1 aliphatic rings. The number of hydrogen-bond acceptors (Lipinski definition) is 2. The Morgan fingerprint density at radius 3 is 1.79 bits per heavy atom. The Morgan fingerprint density at radius 1 is 0.458 bits per heavy atom. The fourth-order valence-corrected chi connectivity index (χ4v) is 9.06. The maximum atomic E-state index is 2.47. The van der Waals surface area contributed by atoms with Gasteiger partial charge in [-0.15, -0.1) is 11.3 Å². The molecule has 1 heterocycles. The first-order valence-electron chi connectivity index (χ1n) is 17.3. The molecule has 1 saturated carbocycles. The van der Waals surface area contributed by atoms with Crippen molar-refractivity contribution >= 4 is 59.3 Å². The van der Waals surface area contributed by atoms with Crippen molar-refractivity contribution in [2.45, 2.75) is 38.0 Å². The topological polar surface area (TPSA) is 3.24 Å². The lowest BCUT2D eigenvalue weighted by Crippen LogP contribution is -2.11. The standard InChI is InChI=1S/C46H37NS/c1-3-12-32(13-4-1)33-24-28-37(29-25-33)47(42-21-11-23-44-46(42)41-18-7-8-22-43(41)48-44)38-30-26-35(27-31-38)40-20-10-17-36-16-9-19-39(45(36)40)34-14-5-2-6-15-34/h2,5-11,14-32H,1,3-4,12-13H2. The van der Waals surface area contributed by atoms with Crippen LogP contribution in [0, 0.1) is 0 Å². The van der Waals surface area contributed by atoms with E-state index < -0.39 is 0 Å². The monoisotopic (exact) mass is 635 g/mol. The fourth-order valence-electron chi connectivity index (χ4n) is 7.93. The number of hydrogen-bond donors (Lipinski definition) is 0. The van der Waals surface area contributed by atoms with Gasteiger partial charge in [0.1, 0.15) is 0 Å². The van der Waals surface area contributed by atoms with Gasteiger partial charge in [0, 0.05) is 31.5 Å². The lowest BCUT2D eigenvalue weighted by atomic mass is 9.84. The van der Waals surface area contributed by atoms with Gasteiger partial charge in [0.05, 0.1) is 5.69 Å². The molecule has 2 heteroatoms. The third-order valence-electron chi connectivity index (χ3n) is 10.3. The van der Waals surface area contributed by atoms with Crippen molar-refractivity contribution in [2.75, 3.05) is 4.90 Å². The number of rotatable bonds is 6.